The summed E-state index contributed by atoms with van der Waals surface area (Å²) in [7, 11) is -15.8. The van der Waals surface area contributed by atoms with Crippen molar-refractivity contribution in [2.24, 2.45) is 20.5 Å². The van der Waals surface area contributed by atoms with Gasteiger partial charge >= 0.3 is 5.97 Å². The summed E-state index contributed by atoms with van der Waals surface area (Å²) in [6.07, 6.45) is -0.355. The second-order valence-corrected chi connectivity index (χ2v) is 23.1. The second kappa shape index (κ2) is 25.4. The molecule has 1 heterocycles. The van der Waals surface area contributed by atoms with Gasteiger partial charge in [-0.2, -0.15) is 58.9 Å². The lowest BCUT2D eigenvalue weighted by Crippen LogP contribution is -2.12. The molecule has 1 aromatic heterocycles. The average molecular weight is 1270 g/mol. The Morgan fingerprint density at radius 3 is 1.35 bits per heavy atom. The standard InChI is InChI=1S/C43H42Br2N10O18S4/c1-70-34-11-9-26(17-38(34)76(64,65)66)52-54-30-21-36(72-13-3-15-74(58,59)60)32(19-28(30)44)47-42-49-41(46-23-24-5-7-25(8-6-24)40(56)57)50-43(51-42)48-33-20-29(45)31(22-37(33)73-14-4-16-75(61,62)63)55-53-27-10-12-35(71-2)39(18-27)77(67,68)69/h5-12,17-22H,3-4,13-16,23H2,1-2H3,(H,56,57)(H,58,59,60)(H,61,62,63)(H,64,65,66)(H,67,68,69)(H3,46,47,48,49,50,51). The van der Waals surface area contributed by atoms with Crippen LogP contribution < -0.4 is 34.9 Å². The van der Waals surface area contributed by atoms with Crippen molar-refractivity contribution in [1.29, 1.82) is 0 Å². The molecule has 0 aliphatic heterocycles. The molecule has 0 saturated heterocycles. The summed E-state index contributed by atoms with van der Waals surface area (Å²) >= 11 is 6.86. The van der Waals surface area contributed by atoms with E-state index < -0.39 is 67.7 Å². The molecule has 410 valence electrons. The van der Waals surface area contributed by atoms with Gasteiger partial charge in [-0.3, -0.25) is 18.2 Å². The number of carboxylic acids is 1. The number of azo groups is 2. The number of rotatable bonds is 26. The zero-order chi connectivity index (χ0) is 56.3. The van der Waals surface area contributed by atoms with E-state index in [1.165, 1.54) is 74.9 Å². The Hall–Kier alpha value is -7.02. The molecule has 6 rings (SSSR count). The first-order chi connectivity index (χ1) is 36.2. The number of nitrogens with zero attached hydrogens (tertiary/aromatic N) is 7. The van der Waals surface area contributed by atoms with E-state index in [9.17, 15) is 61.8 Å². The quantitative estimate of drug-likeness (QED) is 0.0143. The van der Waals surface area contributed by atoms with E-state index in [4.69, 9.17) is 18.9 Å². The SMILES string of the molecule is COc1ccc(N=Nc2cc(OCCCS(=O)(=O)O)c(Nc3nc(NCc4ccc(C(=O)O)cc4)nc(Nc4cc(Br)c(N=Nc5ccc(OC)c(S(=O)(=O)O)c5)cc4OCCCS(=O)(=O)O)n3)cc2Br)cc1S(=O)(=O)O. The van der Waals surface area contributed by atoms with Crippen molar-refractivity contribution < 1.29 is 80.7 Å². The first kappa shape index (κ1) is 59.2. The number of methoxy groups -OCH3 is 2. The molecule has 6 aromatic rings. The van der Waals surface area contributed by atoms with Crippen LogP contribution in [-0.2, 0) is 47.0 Å². The molecule has 0 saturated carbocycles. The summed E-state index contributed by atoms with van der Waals surface area (Å²) in [5.41, 5.74) is 1.02. The van der Waals surface area contributed by atoms with Gasteiger partial charge < -0.3 is 40.0 Å². The van der Waals surface area contributed by atoms with E-state index in [-0.39, 0.29) is 122 Å². The highest BCUT2D eigenvalue weighted by atomic mass is 79.9. The minimum atomic E-state index is -4.74. The largest absolute Gasteiger partial charge is 0.495 e. The number of carboxylic acid groups (broad SMARTS) is 1. The number of carbonyl (C=O) groups is 1. The van der Waals surface area contributed by atoms with E-state index in [1.807, 2.05) is 0 Å². The van der Waals surface area contributed by atoms with Gasteiger partial charge in [-0.15, -0.1) is 10.2 Å². The normalized spacial score (nSPS) is 12.2. The van der Waals surface area contributed by atoms with Crippen molar-refractivity contribution in [3.8, 4) is 23.0 Å². The number of hydrogen-bond donors (Lipinski definition) is 8. The Morgan fingerprint density at radius 1 is 0.558 bits per heavy atom. The van der Waals surface area contributed by atoms with Gasteiger partial charge in [0.05, 0.1) is 67.3 Å². The van der Waals surface area contributed by atoms with Crippen LogP contribution in [0.4, 0.5) is 52.0 Å². The van der Waals surface area contributed by atoms with Crippen molar-refractivity contribution in [2.75, 3.05) is 54.9 Å². The second-order valence-electron chi connectivity index (χ2n) is 15.5. The number of anilines is 5. The number of aromatic nitrogens is 3. The molecule has 77 heavy (non-hydrogen) atoms. The Bertz CT molecular complexity index is 3500. The minimum absolute atomic E-state index is 0.00749. The third-order valence-electron chi connectivity index (χ3n) is 9.88. The van der Waals surface area contributed by atoms with Crippen LogP contribution in [0.1, 0.15) is 28.8 Å². The molecule has 0 bridgehead atoms. The van der Waals surface area contributed by atoms with Gasteiger partial charge in [-0.05, 0) is 111 Å². The Morgan fingerprint density at radius 2 is 0.974 bits per heavy atom. The van der Waals surface area contributed by atoms with E-state index >= 15 is 0 Å². The lowest BCUT2D eigenvalue weighted by molar-refractivity contribution is 0.0696. The molecule has 0 amide bonds. The first-order valence-corrected chi connectivity index (χ1v) is 29.2. The molecule has 8 N–H and O–H groups in total. The van der Waals surface area contributed by atoms with Crippen molar-refractivity contribution in [1.82, 2.24) is 15.0 Å². The number of aromatic carboxylic acids is 1. The maximum absolute atomic E-state index is 12.0. The molecule has 0 aliphatic carbocycles. The summed E-state index contributed by atoms with van der Waals surface area (Å²) < 4.78 is 155. The van der Waals surface area contributed by atoms with E-state index in [2.05, 4.69) is 83.2 Å². The summed E-state index contributed by atoms with van der Waals surface area (Å²) in [6.45, 7) is -0.504. The summed E-state index contributed by atoms with van der Waals surface area (Å²) in [5.74, 6) is -3.24. The van der Waals surface area contributed by atoms with Crippen LogP contribution in [0.3, 0.4) is 0 Å². The summed E-state index contributed by atoms with van der Waals surface area (Å²) in [6, 6.07) is 18.8. The van der Waals surface area contributed by atoms with E-state index in [0.717, 1.165) is 12.1 Å². The predicted molar refractivity (Wildman–Crippen MR) is 282 cm³/mol. The highest BCUT2D eigenvalue weighted by Gasteiger charge is 2.21. The average Bonchev–Trinajstić information content (AvgIpc) is 3.35. The Labute approximate surface area is 455 Å². The first-order valence-electron chi connectivity index (χ1n) is 21.5. The van der Waals surface area contributed by atoms with Crippen molar-refractivity contribution in [3.05, 3.63) is 105 Å². The number of halogens is 2. The molecular weight excluding hydrogens is 1230 g/mol. The van der Waals surface area contributed by atoms with Crippen LogP contribution in [0.25, 0.3) is 0 Å². The fourth-order valence-electron chi connectivity index (χ4n) is 6.36. The molecule has 0 radical (unpaired) electrons. The van der Waals surface area contributed by atoms with Gasteiger partial charge in [0.2, 0.25) is 17.8 Å². The molecule has 0 spiro atoms. The summed E-state index contributed by atoms with van der Waals surface area (Å²) in [5, 5.41) is 35.0. The van der Waals surface area contributed by atoms with Gasteiger partial charge in [-0.1, -0.05) is 12.1 Å². The maximum Gasteiger partial charge on any atom is 0.335 e. The Balaban J connectivity index is 1.41. The minimum Gasteiger partial charge on any atom is -0.495 e. The highest BCUT2D eigenvalue weighted by molar-refractivity contribution is 9.11. The zero-order valence-electron chi connectivity index (χ0n) is 39.6. The molecule has 0 atom stereocenters. The third-order valence-corrected chi connectivity index (χ3v) is 14.5. The fourth-order valence-corrected chi connectivity index (χ4v) is 9.52. The number of ether oxygens (including phenoxy) is 4. The van der Waals surface area contributed by atoms with Gasteiger partial charge in [0.25, 0.3) is 40.5 Å². The third kappa shape index (κ3) is 17.8. The predicted octanol–water partition coefficient (Wildman–Crippen LogP) is 8.85. The van der Waals surface area contributed by atoms with E-state index in [0.29, 0.717) is 5.56 Å². The van der Waals surface area contributed by atoms with E-state index in [1.54, 1.807) is 12.1 Å². The van der Waals surface area contributed by atoms with Crippen molar-refractivity contribution in [2.45, 2.75) is 29.2 Å². The van der Waals surface area contributed by atoms with Crippen LogP contribution in [-0.4, -0.2) is 117 Å². The lowest BCUT2D eigenvalue weighted by atomic mass is 10.1. The Kier molecular flexibility index (Phi) is 19.6. The zero-order valence-corrected chi connectivity index (χ0v) is 46.0. The highest BCUT2D eigenvalue weighted by Crippen LogP contribution is 2.41. The molecule has 5 aromatic carbocycles. The molecular formula is C43H42Br2N10O18S4. The number of benzene rings is 5. The van der Waals surface area contributed by atoms with Crippen LogP contribution in [0.5, 0.6) is 23.0 Å². The molecule has 0 aliphatic rings. The van der Waals surface area contributed by atoms with Crippen molar-refractivity contribution in [3.63, 3.8) is 0 Å². The lowest BCUT2D eigenvalue weighted by Gasteiger charge is -2.17. The van der Waals surface area contributed by atoms with Crippen molar-refractivity contribution >= 4 is 130 Å². The number of nitrogens with one attached hydrogen (secondary N) is 3. The number of hydrogen-bond acceptors (Lipinski definition) is 23. The molecule has 0 fully saturated rings. The monoisotopic (exact) mass is 1270 g/mol. The molecule has 0 unspecified atom stereocenters. The smallest absolute Gasteiger partial charge is 0.335 e. The molecule has 28 nitrogen and oxygen atoms in total. The van der Waals surface area contributed by atoms with Crippen LogP contribution in [0.2, 0.25) is 0 Å². The van der Waals surface area contributed by atoms with Gasteiger partial charge in [0.1, 0.15) is 44.2 Å². The fraction of sp³-hybridized carbons (Fsp3) is 0.209. The van der Waals surface area contributed by atoms with Gasteiger partial charge in [-0.25, -0.2) is 4.79 Å². The topological polar surface area (TPSA) is 416 Å². The van der Waals surface area contributed by atoms with Crippen LogP contribution in [0.15, 0.2) is 124 Å². The van der Waals surface area contributed by atoms with Gasteiger partial charge in [0.15, 0.2) is 0 Å². The maximum atomic E-state index is 12.0. The molecule has 34 heteroatoms. The van der Waals surface area contributed by atoms with Crippen LogP contribution in [0, 0.1) is 0 Å². The summed E-state index contributed by atoms with van der Waals surface area (Å²) in [4.78, 5) is 23.9. The van der Waals surface area contributed by atoms with Crippen LogP contribution >= 0.6 is 31.9 Å². The van der Waals surface area contributed by atoms with Gasteiger partial charge in [0, 0.05) is 27.6 Å².